The Kier molecular flexibility index (Phi) is 4.25. The molecule has 0 radical (unpaired) electrons. The summed E-state index contributed by atoms with van der Waals surface area (Å²) in [6.07, 6.45) is 14.7. The number of hydrogen-bond acceptors (Lipinski definition) is 1. The van der Waals surface area contributed by atoms with Gasteiger partial charge in [0.2, 0.25) is 0 Å². The van der Waals surface area contributed by atoms with Gasteiger partial charge in [-0.25, -0.2) is 0 Å². The minimum Gasteiger partial charge on any atom is -0.384 e. The Bertz CT molecular complexity index is 285. The van der Waals surface area contributed by atoms with E-state index in [1.54, 1.807) is 6.08 Å². The topological polar surface area (TPSA) is 20.2 Å². The molecule has 2 heteroatoms. The minimum atomic E-state index is -1.04. The lowest BCUT2D eigenvalue weighted by atomic mass is 10.0. The summed E-state index contributed by atoms with van der Waals surface area (Å²) in [5.74, 6) is 2.57. The van der Waals surface area contributed by atoms with Crippen molar-refractivity contribution < 1.29 is 5.11 Å². The first-order valence-electron chi connectivity index (χ1n) is 4.80. The maximum absolute atomic E-state index is 9.89. The van der Waals surface area contributed by atoms with Crippen molar-refractivity contribution >= 4 is 11.6 Å². The Balaban J connectivity index is 2.59. The third kappa shape index (κ3) is 3.21. The van der Waals surface area contributed by atoms with Gasteiger partial charge in [-0.3, -0.25) is 0 Å². The number of halogens is 1. The van der Waals surface area contributed by atoms with Crippen LogP contribution < -0.4 is 0 Å². The van der Waals surface area contributed by atoms with Gasteiger partial charge in [0.25, 0.3) is 0 Å². The van der Waals surface area contributed by atoms with Gasteiger partial charge in [0.05, 0.1) is 5.88 Å². The first-order chi connectivity index (χ1) is 6.70. The van der Waals surface area contributed by atoms with Crippen LogP contribution in [0.3, 0.4) is 0 Å². The smallest absolute Gasteiger partial charge is 0.107 e. The highest BCUT2D eigenvalue weighted by molar-refractivity contribution is 6.18. The summed E-state index contributed by atoms with van der Waals surface area (Å²) in [4.78, 5) is 0. The van der Waals surface area contributed by atoms with Crippen molar-refractivity contribution in [3.8, 4) is 12.3 Å². The van der Waals surface area contributed by atoms with Crippen LogP contribution in [0.25, 0.3) is 0 Å². The molecule has 0 saturated carbocycles. The summed E-state index contributed by atoms with van der Waals surface area (Å²) >= 11 is 5.66. The molecule has 1 unspecified atom stereocenters. The first-order valence-corrected chi connectivity index (χ1v) is 5.34. The lowest BCUT2D eigenvalue weighted by Crippen LogP contribution is -2.27. The van der Waals surface area contributed by atoms with E-state index in [9.17, 15) is 5.11 Å². The van der Waals surface area contributed by atoms with Crippen molar-refractivity contribution in [1.29, 1.82) is 0 Å². The second-order valence-electron chi connectivity index (χ2n) is 3.62. The van der Waals surface area contributed by atoms with E-state index in [-0.39, 0.29) is 12.3 Å². The fourth-order valence-corrected chi connectivity index (χ4v) is 1.62. The summed E-state index contributed by atoms with van der Waals surface area (Å²) in [6, 6.07) is 0. The fraction of sp³-hybridized carbons (Fsp3) is 0.500. The van der Waals surface area contributed by atoms with Crippen molar-refractivity contribution in [2.75, 3.05) is 5.88 Å². The zero-order chi connectivity index (χ0) is 10.4. The molecule has 0 heterocycles. The monoisotopic (exact) mass is 210 g/mol. The van der Waals surface area contributed by atoms with Crippen molar-refractivity contribution in [2.24, 2.45) is 0 Å². The third-order valence-electron chi connectivity index (χ3n) is 2.32. The third-order valence-corrected chi connectivity index (χ3v) is 2.79. The average molecular weight is 211 g/mol. The van der Waals surface area contributed by atoms with Crippen molar-refractivity contribution in [3.63, 3.8) is 0 Å². The lowest BCUT2D eigenvalue weighted by molar-refractivity contribution is 0.121. The van der Waals surface area contributed by atoms with Crippen LogP contribution in [0.2, 0.25) is 0 Å². The largest absolute Gasteiger partial charge is 0.384 e. The average Bonchev–Trinajstić information content (AvgIpc) is 2.68. The van der Waals surface area contributed by atoms with Gasteiger partial charge < -0.3 is 5.11 Å². The summed E-state index contributed by atoms with van der Waals surface area (Å²) in [7, 11) is 0. The summed E-state index contributed by atoms with van der Waals surface area (Å²) in [6.45, 7) is 0. The molecule has 1 aliphatic carbocycles. The molecule has 76 valence electrons. The van der Waals surface area contributed by atoms with Crippen molar-refractivity contribution in [3.05, 3.63) is 23.8 Å². The quantitative estimate of drug-likeness (QED) is 0.559. The number of aliphatic hydroxyl groups is 1. The number of allylic oxidation sites excluding steroid dienone is 3. The van der Waals surface area contributed by atoms with E-state index >= 15 is 0 Å². The van der Waals surface area contributed by atoms with Crippen LogP contribution in [0.1, 0.15) is 25.7 Å². The zero-order valence-corrected chi connectivity index (χ0v) is 8.93. The molecule has 1 aliphatic rings. The number of alkyl halides is 1. The second-order valence-corrected chi connectivity index (χ2v) is 3.89. The Hall–Kier alpha value is -0.710. The second kappa shape index (κ2) is 5.24. The maximum atomic E-state index is 9.89. The summed E-state index contributed by atoms with van der Waals surface area (Å²) in [5, 5.41) is 9.89. The van der Waals surface area contributed by atoms with Gasteiger partial charge in [0.15, 0.2) is 0 Å². The highest BCUT2D eigenvalue weighted by Crippen LogP contribution is 2.21. The number of hydrogen-bond donors (Lipinski definition) is 1. The van der Waals surface area contributed by atoms with E-state index in [0.717, 1.165) is 12.8 Å². The SMILES string of the molecule is C#CCC(O)(C=CC1=CCCC1)CCl. The molecule has 1 atom stereocenters. The molecule has 0 fully saturated rings. The van der Waals surface area contributed by atoms with E-state index in [1.807, 2.05) is 6.08 Å². The standard InChI is InChI=1S/C12H15ClO/c1-2-8-12(14,10-13)9-7-11-5-3-4-6-11/h1,5,7,9,14H,3-4,6,8,10H2. The van der Waals surface area contributed by atoms with Gasteiger partial charge in [0, 0.05) is 6.42 Å². The molecular weight excluding hydrogens is 196 g/mol. The van der Waals surface area contributed by atoms with Crippen molar-refractivity contribution in [2.45, 2.75) is 31.3 Å². The molecule has 1 N–H and O–H groups in total. The van der Waals surface area contributed by atoms with E-state index in [0.29, 0.717) is 0 Å². The lowest BCUT2D eigenvalue weighted by Gasteiger charge is -2.18. The molecule has 1 rings (SSSR count). The number of terminal acetylenes is 1. The van der Waals surface area contributed by atoms with Gasteiger partial charge in [-0.2, -0.15) is 0 Å². The van der Waals surface area contributed by atoms with Gasteiger partial charge >= 0.3 is 0 Å². The molecule has 14 heavy (non-hydrogen) atoms. The summed E-state index contributed by atoms with van der Waals surface area (Å²) in [5.41, 5.74) is 0.227. The van der Waals surface area contributed by atoms with Gasteiger partial charge in [-0.15, -0.1) is 23.9 Å². The molecule has 0 aromatic carbocycles. The zero-order valence-electron chi connectivity index (χ0n) is 8.17. The highest BCUT2D eigenvalue weighted by atomic mass is 35.5. The molecule has 0 aliphatic heterocycles. The Morgan fingerprint density at radius 1 is 1.71 bits per heavy atom. The minimum absolute atomic E-state index is 0.140. The van der Waals surface area contributed by atoms with Crippen LogP contribution in [0.15, 0.2) is 23.8 Å². The van der Waals surface area contributed by atoms with E-state index in [4.69, 9.17) is 18.0 Å². The molecule has 0 bridgehead atoms. The normalized spacial score (nSPS) is 20.5. The van der Waals surface area contributed by atoms with E-state index < -0.39 is 5.60 Å². The van der Waals surface area contributed by atoms with E-state index in [1.165, 1.54) is 12.0 Å². The van der Waals surface area contributed by atoms with Crippen LogP contribution in [0.4, 0.5) is 0 Å². The fourth-order valence-electron chi connectivity index (χ4n) is 1.44. The van der Waals surface area contributed by atoms with Crippen LogP contribution in [0, 0.1) is 12.3 Å². The van der Waals surface area contributed by atoms with E-state index in [2.05, 4.69) is 12.0 Å². The Morgan fingerprint density at radius 3 is 3.00 bits per heavy atom. The maximum Gasteiger partial charge on any atom is 0.107 e. The molecule has 1 nitrogen and oxygen atoms in total. The van der Waals surface area contributed by atoms with Crippen LogP contribution in [0.5, 0.6) is 0 Å². The predicted molar refractivity (Wildman–Crippen MR) is 60.2 cm³/mol. The van der Waals surface area contributed by atoms with Crippen molar-refractivity contribution in [1.82, 2.24) is 0 Å². The first kappa shape index (κ1) is 11.4. The highest BCUT2D eigenvalue weighted by Gasteiger charge is 2.20. The molecule has 0 aromatic heterocycles. The van der Waals surface area contributed by atoms with Crippen LogP contribution >= 0.6 is 11.6 Å². The number of rotatable bonds is 4. The van der Waals surface area contributed by atoms with Crippen LogP contribution in [-0.4, -0.2) is 16.6 Å². The van der Waals surface area contributed by atoms with Gasteiger partial charge in [0.1, 0.15) is 5.60 Å². The predicted octanol–water partition coefficient (Wildman–Crippen LogP) is 2.65. The van der Waals surface area contributed by atoms with Gasteiger partial charge in [-0.1, -0.05) is 23.8 Å². The molecule has 0 saturated heterocycles. The van der Waals surface area contributed by atoms with Crippen LogP contribution in [-0.2, 0) is 0 Å². The Morgan fingerprint density at radius 2 is 2.50 bits per heavy atom. The Labute approximate surface area is 90.5 Å². The molecule has 0 aromatic rings. The molecule has 0 spiro atoms. The van der Waals surface area contributed by atoms with Gasteiger partial charge in [-0.05, 0) is 19.3 Å². The summed E-state index contributed by atoms with van der Waals surface area (Å²) < 4.78 is 0. The molecular formula is C12H15ClO. The molecule has 0 amide bonds.